The molecular formula is C24H36N2O8. The summed E-state index contributed by atoms with van der Waals surface area (Å²) in [6, 6.07) is 0. The molecule has 2 aliphatic carbocycles. The van der Waals surface area contributed by atoms with Crippen LogP contribution in [0.1, 0.15) is 74.1 Å². The lowest BCUT2D eigenvalue weighted by molar-refractivity contribution is -0.148. The van der Waals surface area contributed by atoms with Crippen LogP contribution in [0.25, 0.3) is 0 Å². The van der Waals surface area contributed by atoms with Crippen molar-refractivity contribution in [1.82, 2.24) is 9.97 Å². The second-order valence-corrected chi connectivity index (χ2v) is 9.02. The van der Waals surface area contributed by atoms with E-state index in [-0.39, 0.29) is 23.7 Å². The number of rotatable bonds is 4. The van der Waals surface area contributed by atoms with Crippen LogP contribution in [-0.2, 0) is 19.2 Å². The molecule has 34 heavy (non-hydrogen) atoms. The van der Waals surface area contributed by atoms with Gasteiger partial charge in [-0.3, -0.25) is 29.1 Å². The maximum Gasteiger partial charge on any atom is 0.306 e. The molecule has 1 aromatic heterocycles. The Bertz CT molecular complexity index is 732. The number of aromatic nitrogens is 2. The van der Waals surface area contributed by atoms with Gasteiger partial charge in [0.15, 0.2) is 0 Å². The Morgan fingerprint density at radius 2 is 0.618 bits per heavy atom. The molecule has 0 aliphatic heterocycles. The van der Waals surface area contributed by atoms with Crippen molar-refractivity contribution in [1.29, 1.82) is 0 Å². The summed E-state index contributed by atoms with van der Waals surface area (Å²) in [6.07, 6.45) is 4.05. The highest BCUT2D eigenvalue weighted by molar-refractivity contribution is 5.73. The van der Waals surface area contributed by atoms with Gasteiger partial charge in [0.2, 0.25) is 0 Å². The van der Waals surface area contributed by atoms with E-state index >= 15 is 0 Å². The Morgan fingerprint density at radius 1 is 0.471 bits per heavy atom. The minimum atomic E-state index is -0.793. The number of aryl methyl sites for hydroxylation is 4. The lowest BCUT2D eigenvalue weighted by Crippen LogP contribution is -2.25. The van der Waals surface area contributed by atoms with Crippen molar-refractivity contribution in [3.63, 3.8) is 0 Å². The number of hydrogen-bond donors (Lipinski definition) is 4. The topological polar surface area (TPSA) is 175 Å². The van der Waals surface area contributed by atoms with Crippen molar-refractivity contribution in [2.24, 2.45) is 23.7 Å². The van der Waals surface area contributed by atoms with Crippen LogP contribution in [-0.4, -0.2) is 54.3 Å². The second kappa shape index (κ2) is 13.6. The predicted octanol–water partition coefficient (Wildman–Crippen LogP) is 3.63. The molecular weight excluding hydrogens is 444 g/mol. The summed E-state index contributed by atoms with van der Waals surface area (Å²) in [6.45, 7) is 7.92. The van der Waals surface area contributed by atoms with E-state index in [9.17, 15) is 19.2 Å². The smallest absolute Gasteiger partial charge is 0.306 e. The molecule has 1 heterocycles. The third-order valence-electron chi connectivity index (χ3n) is 6.57. The fourth-order valence-electron chi connectivity index (χ4n) is 4.00. The van der Waals surface area contributed by atoms with E-state index in [1.165, 1.54) is 0 Å². The zero-order valence-corrected chi connectivity index (χ0v) is 20.3. The summed E-state index contributed by atoms with van der Waals surface area (Å²) in [5, 5.41) is 34.5. The molecule has 0 saturated heterocycles. The van der Waals surface area contributed by atoms with Gasteiger partial charge in [-0.1, -0.05) is 0 Å². The molecule has 190 valence electrons. The van der Waals surface area contributed by atoms with Gasteiger partial charge in [0.25, 0.3) is 0 Å². The van der Waals surface area contributed by atoms with Gasteiger partial charge in [-0.25, -0.2) is 0 Å². The zero-order valence-electron chi connectivity index (χ0n) is 20.3. The highest BCUT2D eigenvalue weighted by Gasteiger charge is 2.30. The summed E-state index contributed by atoms with van der Waals surface area (Å²) in [4.78, 5) is 50.6. The number of carboxylic acids is 4. The standard InChI is InChI=1S/C8H12N2.2C8H12O4/c1-5-6(2)10-8(4)7(3)9-5;2*9-7(10)5-1-2-6(4-3-5)8(11)12/h1-4H3;2*5-6H,1-4H2,(H,9,10)(H,11,12). The maximum atomic E-state index is 10.5. The van der Waals surface area contributed by atoms with Crippen LogP contribution in [0.4, 0.5) is 0 Å². The summed E-state index contributed by atoms with van der Waals surface area (Å²) in [5.41, 5.74) is 4.12. The lowest BCUT2D eigenvalue weighted by atomic mass is 9.82. The Balaban J connectivity index is 0.000000256. The third-order valence-corrected chi connectivity index (χ3v) is 6.57. The summed E-state index contributed by atoms with van der Waals surface area (Å²) in [5.74, 6) is -4.45. The molecule has 2 saturated carbocycles. The van der Waals surface area contributed by atoms with E-state index < -0.39 is 23.9 Å². The molecule has 10 heteroatoms. The SMILES string of the molecule is Cc1nc(C)c(C)nc1C.O=C(O)C1CCC(C(=O)O)CC1.O=C(O)C1CCC(C(=O)O)CC1. The minimum absolute atomic E-state index is 0.319. The van der Waals surface area contributed by atoms with Gasteiger partial charge in [0.1, 0.15) is 0 Å². The Morgan fingerprint density at radius 3 is 0.735 bits per heavy atom. The lowest BCUT2D eigenvalue weighted by Gasteiger charge is -2.22. The first-order valence-corrected chi connectivity index (χ1v) is 11.5. The van der Waals surface area contributed by atoms with E-state index in [4.69, 9.17) is 20.4 Å². The molecule has 0 radical (unpaired) electrons. The monoisotopic (exact) mass is 480 g/mol. The van der Waals surface area contributed by atoms with Gasteiger partial charge >= 0.3 is 23.9 Å². The largest absolute Gasteiger partial charge is 0.481 e. The van der Waals surface area contributed by atoms with E-state index in [2.05, 4.69) is 9.97 Å². The maximum absolute atomic E-state index is 10.5. The molecule has 0 atom stereocenters. The third kappa shape index (κ3) is 9.44. The summed E-state index contributed by atoms with van der Waals surface area (Å²) < 4.78 is 0. The quantitative estimate of drug-likeness (QED) is 0.498. The van der Waals surface area contributed by atoms with Crippen molar-refractivity contribution in [3.05, 3.63) is 22.8 Å². The van der Waals surface area contributed by atoms with Gasteiger partial charge in [-0.15, -0.1) is 0 Å². The molecule has 4 N–H and O–H groups in total. The van der Waals surface area contributed by atoms with Gasteiger partial charge < -0.3 is 20.4 Å². The van der Waals surface area contributed by atoms with Crippen molar-refractivity contribution >= 4 is 23.9 Å². The molecule has 2 fully saturated rings. The summed E-state index contributed by atoms with van der Waals surface area (Å²) in [7, 11) is 0. The van der Waals surface area contributed by atoms with Crippen molar-refractivity contribution in [3.8, 4) is 0 Å². The minimum Gasteiger partial charge on any atom is -0.481 e. The van der Waals surface area contributed by atoms with Crippen LogP contribution in [0.15, 0.2) is 0 Å². The molecule has 10 nitrogen and oxygen atoms in total. The van der Waals surface area contributed by atoms with Crippen LogP contribution in [0, 0.1) is 51.4 Å². The van der Waals surface area contributed by atoms with Crippen molar-refractivity contribution in [2.75, 3.05) is 0 Å². The number of hydrogen-bond acceptors (Lipinski definition) is 6. The second-order valence-electron chi connectivity index (χ2n) is 9.02. The van der Waals surface area contributed by atoms with E-state index in [0.717, 1.165) is 22.8 Å². The number of nitrogens with zero attached hydrogens (tertiary/aromatic N) is 2. The van der Waals surface area contributed by atoms with Crippen molar-refractivity contribution < 1.29 is 39.6 Å². The number of carboxylic acid groups (broad SMARTS) is 4. The molecule has 0 amide bonds. The van der Waals surface area contributed by atoms with Gasteiger partial charge in [-0.05, 0) is 79.1 Å². The van der Waals surface area contributed by atoms with Crippen LogP contribution in [0.3, 0.4) is 0 Å². The molecule has 1 aromatic rings. The number of carbonyl (C=O) groups is 4. The fraction of sp³-hybridized carbons (Fsp3) is 0.667. The Kier molecular flexibility index (Phi) is 11.6. The average molecular weight is 481 g/mol. The van der Waals surface area contributed by atoms with Crippen LogP contribution >= 0.6 is 0 Å². The predicted molar refractivity (Wildman–Crippen MR) is 122 cm³/mol. The van der Waals surface area contributed by atoms with Gasteiger partial charge in [0, 0.05) is 0 Å². The summed E-state index contributed by atoms with van der Waals surface area (Å²) >= 11 is 0. The normalized spacial score (nSPS) is 23.9. The van der Waals surface area contributed by atoms with Gasteiger partial charge in [-0.2, -0.15) is 0 Å². The molecule has 0 unspecified atom stereocenters. The molecule has 2 aliphatic rings. The van der Waals surface area contributed by atoms with E-state index in [1.54, 1.807) is 0 Å². The molecule has 0 bridgehead atoms. The molecule has 0 spiro atoms. The van der Waals surface area contributed by atoms with Crippen LogP contribution in [0.5, 0.6) is 0 Å². The molecule has 3 rings (SSSR count). The van der Waals surface area contributed by atoms with Gasteiger partial charge in [0.05, 0.1) is 46.4 Å². The Hall–Kier alpha value is -3.04. The zero-order chi connectivity index (χ0) is 26.0. The fourth-order valence-corrected chi connectivity index (χ4v) is 4.00. The van der Waals surface area contributed by atoms with E-state index in [1.807, 2.05) is 27.7 Å². The Labute approximate surface area is 199 Å². The molecule has 0 aromatic carbocycles. The number of aliphatic carboxylic acids is 4. The van der Waals surface area contributed by atoms with E-state index in [0.29, 0.717) is 51.4 Å². The first-order valence-electron chi connectivity index (χ1n) is 11.5. The first kappa shape index (κ1) is 29.0. The first-order chi connectivity index (χ1) is 15.8. The van der Waals surface area contributed by atoms with Crippen LogP contribution < -0.4 is 0 Å². The highest BCUT2D eigenvalue weighted by atomic mass is 16.4. The van der Waals surface area contributed by atoms with Crippen LogP contribution in [0.2, 0.25) is 0 Å². The van der Waals surface area contributed by atoms with Crippen molar-refractivity contribution in [2.45, 2.75) is 79.1 Å². The highest BCUT2D eigenvalue weighted by Crippen LogP contribution is 2.29. The average Bonchev–Trinajstić information content (AvgIpc) is 2.78.